The molecule has 1 heterocycles. The van der Waals surface area contributed by atoms with E-state index in [0.717, 1.165) is 0 Å². The third kappa shape index (κ3) is 2.61. The van der Waals surface area contributed by atoms with Gasteiger partial charge in [-0.05, 0) is 6.92 Å². The Balaban J connectivity index is 2.59. The van der Waals surface area contributed by atoms with Gasteiger partial charge in [0, 0.05) is 17.8 Å². The second-order valence-corrected chi connectivity index (χ2v) is 3.56. The van der Waals surface area contributed by atoms with Crippen molar-refractivity contribution >= 4 is 6.09 Å². The van der Waals surface area contributed by atoms with Crippen molar-refractivity contribution in [2.45, 2.75) is 20.8 Å². The highest BCUT2D eigenvalue weighted by atomic mass is 16.5. The number of hydrogen-bond donors (Lipinski definition) is 0. The van der Waals surface area contributed by atoms with Crippen LogP contribution in [-0.4, -0.2) is 17.6 Å². The standard InChI is InChI=1S/C10H15NO2/c1-4-13-9(12)11-7-5-10(2,3)6-8-11/h5-8H,4H2,1-3H3. The molecule has 0 saturated heterocycles. The number of nitrogens with zero attached hydrogens (tertiary/aromatic N) is 1. The maximum Gasteiger partial charge on any atom is 0.417 e. The molecule has 0 spiro atoms. The lowest BCUT2D eigenvalue weighted by atomic mass is 9.92. The van der Waals surface area contributed by atoms with Crippen LogP contribution >= 0.6 is 0 Å². The van der Waals surface area contributed by atoms with Gasteiger partial charge in [-0.15, -0.1) is 0 Å². The fourth-order valence-electron chi connectivity index (χ4n) is 0.970. The first kappa shape index (κ1) is 9.84. The zero-order valence-corrected chi connectivity index (χ0v) is 8.28. The molecule has 0 aromatic rings. The highest BCUT2D eigenvalue weighted by Gasteiger charge is 2.17. The summed E-state index contributed by atoms with van der Waals surface area (Å²) in [6.45, 7) is 6.34. The third-order valence-corrected chi connectivity index (χ3v) is 1.81. The number of hydrogen-bond acceptors (Lipinski definition) is 2. The molecule has 3 nitrogen and oxygen atoms in total. The van der Waals surface area contributed by atoms with Gasteiger partial charge in [0.05, 0.1) is 6.61 Å². The molecule has 0 bridgehead atoms. The minimum Gasteiger partial charge on any atom is -0.449 e. The maximum atomic E-state index is 11.2. The summed E-state index contributed by atoms with van der Waals surface area (Å²) in [5.74, 6) is 0. The highest BCUT2D eigenvalue weighted by Crippen LogP contribution is 2.23. The van der Waals surface area contributed by atoms with Gasteiger partial charge in [0.1, 0.15) is 0 Å². The zero-order chi connectivity index (χ0) is 9.90. The monoisotopic (exact) mass is 181 g/mol. The van der Waals surface area contributed by atoms with Gasteiger partial charge in [-0.3, -0.25) is 4.90 Å². The Bertz CT molecular complexity index is 238. The lowest BCUT2D eigenvalue weighted by molar-refractivity contribution is 0.132. The van der Waals surface area contributed by atoms with E-state index in [1.54, 1.807) is 19.3 Å². The predicted molar refractivity (Wildman–Crippen MR) is 50.9 cm³/mol. The van der Waals surface area contributed by atoms with Crippen molar-refractivity contribution < 1.29 is 9.53 Å². The van der Waals surface area contributed by atoms with E-state index in [9.17, 15) is 4.79 Å². The van der Waals surface area contributed by atoms with Gasteiger partial charge >= 0.3 is 6.09 Å². The van der Waals surface area contributed by atoms with Crippen molar-refractivity contribution in [3.05, 3.63) is 24.6 Å². The van der Waals surface area contributed by atoms with E-state index in [1.807, 2.05) is 12.2 Å². The Kier molecular flexibility index (Phi) is 2.76. The Morgan fingerprint density at radius 2 is 1.92 bits per heavy atom. The molecular weight excluding hydrogens is 166 g/mol. The van der Waals surface area contributed by atoms with Gasteiger partial charge < -0.3 is 4.74 Å². The summed E-state index contributed by atoms with van der Waals surface area (Å²) < 4.78 is 4.83. The van der Waals surface area contributed by atoms with E-state index in [2.05, 4.69) is 13.8 Å². The zero-order valence-electron chi connectivity index (χ0n) is 8.28. The van der Waals surface area contributed by atoms with E-state index < -0.39 is 0 Å². The fourth-order valence-corrected chi connectivity index (χ4v) is 0.970. The molecule has 1 aliphatic rings. The van der Waals surface area contributed by atoms with Crippen LogP contribution in [0.15, 0.2) is 24.6 Å². The lowest BCUT2D eigenvalue weighted by Gasteiger charge is -2.23. The molecule has 13 heavy (non-hydrogen) atoms. The molecule has 0 radical (unpaired) electrons. The van der Waals surface area contributed by atoms with Gasteiger partial charge in [-0.1, -0.05) is 26.0 Å². The molecule has 0 aromatic carbocycles. The number of carbonyl (C=O) groups is 1. The van der Waals surface area contributed by atoms with E-state index in [-0.39, 0.29) is 11.5 Å². The summed E-state index contributed by atoms with van der Waals surface area (Å²) in [6, 6.07) is 0. The Morgan fingerprint density at radius 1 is 1.38 bits per heavy atom. The van der Waals surface area contributed by atoms with Crippen LogP contribution in [0.3, 0.4) is 0 Å². The Labute approximate surface area is 78.7 Å². The maximum absolute atomic E-state index is 11.2. The molecule has 0 atom stereocenters. The molecule has 0 saturated carbocycles. The van der Waals surface area contributed by atoms with Crippen LogP contribution in [0.1, 0.15) is 20.8 Å². The molecule has 0 unspecified atom stereocenters. The Morgan fingerprint density at radius 3 is 2.38 bits per heavy atom. The largest absolute Gasteiger partial charge is 0.449 e. The van der Waals surface area contributed by atoms with Crippen molar-refractivity contribution in [2.24, 2.45) is 5.41 Å². The average molecular weight is 181 g/mol. The summed E-state index contributed by atoms with van der Waals surface area (Å²) >= 11 is 0. The van der Waals surface area contributed by atoms with Crippen LogP contribution in [0.25, 0.3) is 0 Å². The lowest BCUT2D eigenvalue weighted by Crippen LogP contribution is -2.25. The van der Waals surface area contributed by atoms with Crippen LogP contribution in [0, 0.1) is 5.41 Å². The van der Waals surface area contributed by atoms with E-state index in [4.69, 9.17) is 4.74 Å². The molecule has 0 fully saturated rings. The normalized spacial score (nSPS) is 18.8. The first-order chi connectivity index (χ1) is 6.05. The van der Waals surface area contributed by atoms with Crippen LogP contribution in [0.4, 0.5) is 4.79 Å². The van der Waals surface area contributed by atoms with Crippen LogP contribution in [-0.2, 0) is 4.74 Å². The molecule has 3 heteroatoms. The van der Waals surface area contributed by atoms with Gasteiger partial charge in [0.15, 0.2) is 0 Å². The van der Waals surface area contributed by atoms with Crippen molar-refractivity contribution in [3.63, 3.8) is 0 Å². The number of rotatable bonds is 1. The molecule has 0 aromatic heterocycles. The topological polar surface area (TPSA) is 29.5 Å². The van der Waals surface area contributed by atoms with E-state index in [1.165, 1.54) is 4.90 Å². The molecule has 1 aliphatic heterocycles. The van der Waals surface area contributed by atoms with Gasteiger partial charge in [0.2, 0.25) is 0 Å². The van der Waals surface area contributed by atoms with Crippen molar-refractivity contribution in [1.29, 1.82) is 0 Å². The van der Waals surface area contributed by atoms with Crippen molar-refractivity contribution in [2.75, 3.05) is 6.61 Å². The molecule has 1 rings (SSSR count). The molecule has 0 aliphatic carbocycles. The fraction of sp³-hybridized carbons (Fsp3) is 0.500. The summed E-state index contributed by atoms with van der Waals surface area (Å²) in [5, 5.41) is 0. The summed E-state index contributed by atoms with van der Waals surface area (Å²) in [7, 11) is 0. The molecule has 0 N–H and O–H groups in total. The second-order valence-electron chi connectivity index (χ2n) is 3.56. The van der Waals surface area contributed by atoms with Gasteiger partial charge in [-0.25, -0.2) is 4.79 Å². The van der Waals surface area contributed by atoms with Crippen molar-refractivity contribution in [1.82, 2.24) is 4.90 Å². The highest BCUT2D eigenvalue weighted by molar-refractivity contribution is 5.70. The third-order valence-electron chi connectivity index (χ3n) is 1.81. The minimum atomic E-state index is -0.328. The molecule has 72 valence electrons. The molecular formula is C10H15NO2. The SMILES string of the molecule is CCOC(=O)N1C=CC(C)(C)C=C1. The minimum absolute atomic E-state index is 0.0307. The number of carbonyl (C=O) groups excluding carboxylic acids is 1. The molecule has 1 amide bonds. The first-order valence-corrected chi connectivity index (χ1v) is 4.39. The summed E-state index contributed by atoms with van der Waals surface area (Å²) in [6.07, 6.45) is 7.06. The summed E-state index contributed by atoms with van der Waals surface area (Å²) in [5.41, 5.74) is 0.0307. The Hall–Kier alpha value is -1.25. The number of amides is 1. The predicted octanol–water partition coefficient (Wildman–Crippen LogP) is 2.51. The smallest absolute Gasteiger partial charge is 0.417 e. The van der Waals surface area contributed by atoms with Crippen LogP contribution in [0.2, 0.25) is 0 Å². The van der Waals surface area contributed by atoms with Crippen molar-refractivity contribution in [3.8, 4) is 0 Å². The van der Waals surface area contributed by atoms with Gasteiger partial charge in [0.25, 0.3) is 0 Å². The average Bonchev–Trinajstić information content (AvgIpc) is 2.04. The quantitative estimate of drug-likeness (QED) is 0.622. The van der Waals surface area contributed by atoms with Gasteiger partial charge in [-0.2, -0.15) is 0 Å². The van der Waals surface area contributed by atoms with Crippen LogP contribution in [0.5, 0.6) is 0 Å². The number of ether oxygens (including phenoxy) is 1. The first-order valence-electron chi connectivity index (χ1n) is 4.39. The number of allylic oxidation sites excluding steroid dienone is 2. The second kappa shape index (κ2) is 3.64. The summed E-state index contributed by atoms with van der Waals surface area (Å²) in [4.78, 5) is 12.6. The van der Waals surface area contributed by atoms with E-state index >= 15 is 0 Å². The van der Waals surface area contributed by atoms with E-state index in [0.29, 0.717) is 6.61 Å². The van der Waals surface area contributed by atoms with Crippen LogP contribution < -0.4 is 0 Å².